The van der Waals surface area contributed by atoms with Crippen molar-refractivity contribution in [2.24, 2.45) is 5.92 Å². The quantitative estimate of drug-likeness (QED) is 0.430. The number of nitrogens with zero attached hydrogens (tertiary/aromatic N) is 1. The SMILES string of the molecule is O=C(O)C(CCOC1CC(CCc2ccc3c(n2)CCCC3)C1)NC(=O)[C@@H](CO)c1ccccc1. The largest absolute Gasteiger partial charge is 0.480 e. The van der Waals surface area contributed by atoms with Crippen LogP contribution in [-0.2, 0) is 33.6 Å². The smallest absolute Gasteiger partial charge is 0.326 e. The molecule has 0 spiro atoms. The lowest BCUT2D eigenvalue weighted by atomic mass is 9.79. The number of rotatable bonds is 12. The van der Waals surface area contributed by atoms with Crippen molar-refractivity contribution in [3.63, 3.8) is 0 Å². The second kappa shape index (κ2) is 12.3. The number of pyridine rings is 1. The number of aliphatic carboxylic acids is 1. The Labute approximate surface area is 206 Å². The van der Waals surface area contributed by atoms with Gasteiger partial charge in [0.2, 0.25) is 5.91 Å². The number of aryl methyl sites for hydroxylation is 3. The first-order valence-corrected chi connectivity index (χ1v) is 12.8. The zero-order chi connectivity index (χ0) is 24.6. The molecule has 1 aromatic heterocycles. The molecule has 2 aliphatic carbocycles. The van der Waals surface area contributed by atoms with Gasteiger partial charge in [0.05, 0.1) is 18.6 Å². The predicted molar refractivity (Wildman–Crippen MR) is 132 cm³/mol. The van der Waals surface area contributed by atoms with E-state index in [9.17, 15) is 19.8 Å². The molecular formula is C28H36N2O5. The van der Waals surface area contributed by atoms with Crippen LogP contribution in [0.5, 0.6) is 0 Å². The molecule has 7 heteroatoms. The molecule has 1 heterocycles. The van der Waals surface area contributed by atoms with Gasteiger partial charge in [-0.25, -0.2) is 4.79 Å². The Balaban J connectivity index is 1.15. The maximum atomic E-state index is 12.6. The molecule has 2 atom stereocenters. The third kappa shape index (κ3) is 6.89. The maximum Gasteiger partial charge on any atom is 0.326 e. The third-order valence-corrected chi connectivity index (χ3v) is 7.31. The van der Waals surface area contributed by atoms with Gasteiger partial charge in [0.25, 0.3) is 0 Å². The molecule has 2 aliphatic rings. The average Bonchev–Trinajstić information content (AvgIpc) is 2.85. The first-order valence-electron chi connectivity index (χ1n) is 12.8. The molecule has 35 heavy (non-hydrogen) atoms. The first-order chi connectivity index (χ1) is 17.0. The minimum Gasteiger partial charge on any atom is -0.480 e. The van der Waals surface area contributed by atoms with Crippen LogP contribution < -0.4 is 5.32 Å². The van der Waals surface area contributed by atoms with E-state index in [2.05, 4.69) is 17.4 Å². The molecule has 3 N–H and O–H groups in total. The highest BCUT2D eigenvalue weighted by Gasteiger charge is 2.31. The highest BCUT2D eigenvalue weighted by molar-refractivity contribution is 5.88. The summed E-state index contributed by atoms with van der Waals surface area (Å²) in [6.07, 6.45) is 9.17. The topological polar surface area (TPSA) is 109 Å². The summed E-state index contributed by atoms with van der Waals surface area (Å²) in [6.45, 7) is -0.112. The summed E-state index contributed by atoms with van der Waals surface area (Å²) in [6, 6.07) is 12.3. The van der Waals surface area contributed by atoms with Crippen LogP contribution >= 0.6 is 0 Å². The zero-order valence-corrected chi connectivity index (χ0v) is 20.2. The van der Waals surface area contributed by atoms with Gasteiger partial charge < -0.3 is 20.3 Å². The lowest BCUT2D eigenvalue weighted by Crippen LogP contribution is -2.44. The van der Waals surface area contributed by atoms with Crippen molar-refractivity contribution >= 4 is 11.9 Å². The van der Waals surface area contributed by atoms with Crippen molar-refractivity contribution in [1.29, 1.82) is 0 Å². The highest BCUT2D eigenvalue weighted by Crippen LogP contribution is 2.34. The highest BCUT2D eigenvalue weighted by atomic mass is 16.5. The van der Waals surface area contributed by atoms with Crippen LogP contribution in [0.3, 0.4) is 0 Å². The lowest BCUT2D eigenvalue weighted by molar-refractivity contribution is -0.143. The number of ether oxygens (including phenoxy) is 1. The molecule has 0 radical (unpaired) electrons. The van der Waals surface area contributed by atoms with Gasteiger partial charge in [0.15, 0.2) is 0 Å². The number of fused-ring (bicyclic) bond motifs is 1. The number of aromatic nitrogens is 1. The number of carbonyl (C=O) groups excluding carboxylic acids is 1. The fourth-order valence-corrected chi connectivity index (χ4v) is 5.07. The molecule has 2 aromatic rings. The van der Waals surface area contributed by atoms with Gasteiger partial charge >= 0.3 is 5.97 Å². The molecule has 188 valence electrons. The number of amides is 1. The van der Waals surface area contributed by atoms with Gasteiger partial charge in [-0.2, -0.15) is 0 Å². The minimum absolute atomic E-state index is 0.149. The number of benzene rings is 1. The number of aliphatic hydroxyl groups excluding tert-OH is 1. The van der Waals surface area contributed by atoms with Gasteiger partial charge in [0.1, 0.15) is 6.04 Å². The van der Waals surface area contributed by atoms with E-state index in [1.165, 1.54) is 29.8 Å². The molecule has 0 bridgehead atoms. The second-order valence-electron chi connectivity index (χ2n) is 9.82. The number of carboxylic acid groups (broad SMARTS) is 1. The van der Waals surface area contributed by atoms with Crippen molar-refractivity contribution < 1.29 is 24.5 Å². The number of aliphatic hydroxyl groups is 1. The Morgan fingerprint density at radius 2 is 1.86 bits per heavy atom. The number of carbonyl (C=O) groups is 2. The number of hydrogen-bond donors (Lipinski definition) is 3. The molecule has 0 saturated heterocycles. The predicted octanol–water partition coefficient (Wildman–Crippen LogP) is 3.42. The normalized spacial score (nSPS) is 20.8. The van der Waals surface area contributed by atoms with E-state index in [4.69, 9.17) is 9.72 Å². The third-order valence-electron chi connectivity index (χ3n) is 7.31. The molecule has 1 aromatic carbocycles. The molecule has 0 aliphatic heterocycles. The van der Waals surface area contributed by atoms with Crippen molar-refractivity contribution in [1.82, 2.24) is 10.3 Å². The molecule has 1 fully saturated rings. The van der Waals surface area contributed by atoms with Crippen molar-refractivity contribution in [3.8, 4) is 0 Å². The van der Waals surface area contributed by atoms with E-state index in [0.717, 1.165) is 38.5 Å². The fraction of sp³-hybridized carbons (Fsp3) is 0.536. The number of nitrogens with one attached hydrogen (secondary N) is 1. The zero-order valence-electron chi connectivity index (χ0n) is 20.2. The number of hydrogen-bond acceptors (Lipinski definition) is 5. The van der Waals surface area contributed by atoms with Crippen LogP contribution in [0.2, 0.25) is 0 Å². The lowest BCUT2D eigenvalue weighted by Gasteiger charge is -2.35. The summed E-state index contributed by atoms with van der Waals surface area (Å²) in [4.78, 5) is 29.1. The Morgan fingerprint density at radius 3 is 2.60 bits per heavy atom. The second-order valence-corrected chi connectivity index (χ2v) is 9.82. The van der Waals surface area contributed by atoms with Crippen LogP contribution in [0.15, 0.2) is 42.5 Å². The Bertz CT molecular complexity index is 990. The molecule has 1 unspecified atom stereocenters. The minimum atomic E-state index is -1.10. The van der Waals surface area contributed by atoms with Crippen molar-refractivity contribution in [2.45, 2.75) is 75.9 Å². The van der Waals surface area contributed by atoms with Crippen molar-refractivity contribution in [2.75, 3.05) is 13.2 Å². The molecule has 1 saturated carbocycles. The van der Waals surface area contributed by atoms with E-state index in [1.807, 2.05) is 6.07 Å². The van der Waals surface area contributed by atoms with Crippen LogP contribution in [0, 0.1) is 5.92 Å². The molecule has 4 rings (SSSR count). The van der Waals surface area contributed by atoms with Gasteiger partial charge in [-0.3, -0.25) is 9.78 Å². The first kappa shape index (κ1) is 25.3. The van der Waals surface area contributed by atoms with E-state index in [0.29, 0.717) is 11.5 Å². The summed E-state index contributed by atoms with van der Waals surface area (Å²) in [5, 5.41) is 21.7. The van der Waals surface area contributed by atoms with Crippen LogP contribution in [0.25, 0.3) is 0 Å². The molecule has 7 nitrogen and oxygen atoms in total. The van der Waals surface area contributed by atoms with E-state index in [1.54, 1.807) is 24.3 Å². The Hall–Kier alpha value is -2.77. The van der Waals surface area contributed by atoms with Crippen molar-refractivity contribution in [3.05, 3.63) is 65.0 Å². The van der Waals surface area contributed by atoms with Gasteiger partial charge in [-0.1, -0.05) is 36.4 Å². The summed E-state index contributed by atoms with van der Waals surface area (Å²) in [7, 11) is 0. The average molecular weight is 481 g/mol. The van der Waals surface area contributed by atoms with Gasteiger partial charge in [0, 0.05) is 24.4 Å². The van der Waals surface area contributed by atoms with Gasteiger partial charge in [-0.15, -0.1) is 0 Å². The Kier molecular flexibility index (Phi) is 8.88. The van der Waals surface area contributed by atoms with Crippen LogP contribution in [0.1, 0.15) is 67.0 Å². The summed E-state index contributed by atoms with van der Waals surface area (Å²) < 4.78 is 5.89. The van der Waals surface area contributed by atoms with E-state index < -0.39 is 23.8 Å². The Morgan fingerprint density at radius 1 is 1.09 bits per heavy atom. The summed E-state index contributed by atoms with van der Waals surface area (Å²) in [5.74, 6) is -1.78. The standard InChI is InChI=1S/C28H36N2O5/c31-18-24(20-6-2-1-3-7-20)27(32)30-26(28(33)34)14-15-35-23-16-19(17-23)10-12-22-13-11-21-8-4-5-9-25(21)29-22/h1-3,6-7,11,13,19,23-24,26,31H,4-5,8-10,12,14-18H2,(H,30,32)(H,33,34)/t19?,23?,24-,26?/m0/s1. The summed E-state index contributed by atoms with van der Waals surface area (Å²) in [5.41, 5.74) is 4.54. The molecular weight excluding hydrogens is 444 g/mol. The molecule has 1 amide bonds. The van der Waals surface area contributed by atoms with Gasteiger partial charge in [-0.05, 0) is 74.5 Å². The van der Waals surface area contributed by atoms with Crippen LogP contribution in [0.4, 0.5) is 0 Å². The van der Waals surface area contributed by atoms with E-state index in [-0.39, 0.29) is 25.7 Å². The van der Waals surface area contributed by atoms with Crippen LogP contribution in [-0.4, -0.2) is 52.4 Å². The maximum absolute atomic E-state index is 12.6. The monoisotopic (exact) mass is 480 g/mol. The van der Waals surface area contributed by atoms with E-state index >= 15 is 0 Å². The number of carboxylic acids is 1. The fourth-order valence-electron chi connectivity index (χ4n) is 5.07. The summed E-state index contributed by atoms with van der Waals surface area (Å²) >= 11 is 0.